The van der Waals surface area contributed by atoms with Crippen molar-refractivity contribution < 1.29 is 4.74 Å². The van der Waals surface area contributed by atoms with Crippen LogP contribution < -0.4 is 4.90 Å². The molecule has 1 aliphatic rings. The lowest BCUT2D eigenvalue weighted by atomic mass is 9.94. The molecular formula is C17H23N3O. The number of imidazole rings is 1. The van der Waals surface area contributed by atoms with E-state index >= 15 is 0 Å². The fourth-order valence-electron chi connectivity index (χ4n) is 2.91. The molecule has 0 bridgehead atoms. The average molecular weight is 285 g/mol. The van der Waals surface area contributed by atoms with Crippen LogP contribution in [0.1, 0.15) is 19.3 Å². The number of fused-ring (bicyclic) bond motifs is 1. The van der Waals surface area contributed by atoms with Crippen LogP contribution in [0.5, 0.6) is 0 Å². The molecular weight excluding hydrogens is 262 g/mol. The number of rotatable bonds is 6. The Hall–Kier alpha value is -1.81. The van der Waals surface area contributed by atoms with Gasteiger partial charge in [0.05, 0.1) is 17.6 Å². The number of nitrogens with zero attached hydrogens (tertiary/aromatic N) is 2. The van der Waals surface area contributed by atoms with Crippen molar-refractivity contribution >= 4 is 17.0 Å². The predicted molar refractivity (Wildman–Crippen MR) is 86.7 cm³/mol. The van der Waals surface area contributed by atoms with Gasteiger partial charge >= 0.3 is 0 Å². The van der Waals surface area contributed by atoms with Crippen molar-refractivity contribution in [2.75, 3.05) is 31.7 Å². The van der Waals surface area contributed by atoms with Gasteiger partial charge < -0.3 is 14.6 Å². The third kappa shape index (κ3) is 3.45. The Labute approximate surface area is 125 Å². The highest BCUT2D eigenvalue weighted by Crippen LogP contribution is 2.23. The molecule has 0 amide bonds. The van der Waals surface area contributed by atoms with Gasteiger partial charge in [0.15, 0.2) is 0 Å². The molecule has 1 aliphatic carbocycles. The lowest BCUT2D eigenvalue weighted by Gasteiger charge is -2.27. The first-order valence-corrected chi connectivity index (χ1v) is 7.70. The molecule has 1 unspecified atom stereocenters. The smallest absolute Gasteiger partial charge is 0.203 e. The summed E-state index contributed by atoms with van der Waals surface area (Å²) in [5.41, 5.74) is 2.12. The van der Waals surface area contributed by atoms with Gasteiger partial charge in [0.2, 0.25) is 5.95 Å². The molecule has 0 saturated heterocycles. The normalized spacial score (nSPS) is 18.2. The van der Waals surface area contributed by atoms with Crippen LogP contribution in [-0.2, 0) is 4.74 Å². The van der Waals surface area contributed by atoms with Crippen molar-refractivity contribution in [3.63, 3.8) is 0 Å². The minimum atomic E-state index is 0.708. The summed E-state index contributed by atoms with van der Waals surface area (Å²) in [4.78, 5) is 10.5. The highest BCUT2D eigenvalue weighted by molar-refractivity contribution is 5.77. The molecule has 4 heteroatoms. The molecule has 1 atom stereocenters. The van der Waals surface area contributed by atoms with E-state index in [1.54, 1.807) is 7.11 Å². The third-order valence-electron chi connectivity index (χ3n) is 4.10. The number of methoxy groups -OCH3 is 1. The van der Waals surface area contributed by atoms with Crippen LogP contribution in [0.3, 0.4) is 0 Å². The number of aromatic amines is 1. The number of aromatic nitrogens is 2. The molecule has 0 radical (unpaired) electrons. The second kappa shape index (κ2) is 6.76. The maximum absolute atomic E-state index is 5.26. The lowest BCUT2D eigenvalue weighted by Crippen LogP contribution is -2.33. The Morgan fingerprint density at radius 1 is 1.33 bits per heavy atom. The zero-order valence-electron chi connectivity index (χ0n) is 12.6. The molecule has 0 aliphatic heterocycles. The monoisotopic (exact) mass is 285 g/mol. The second-order valence-corrected chi connectivity index (χ2v) is 5.67. The third-order valence-corrected chi connectivity index (χ3v) is 4.10. The van der Waals surface area contributed by atoms with Crippen LogP contribution in [-0.4, -0.2) is 36.8 Å². The Morgan fingerprint density at radius 2 is 2.24 bits per heavy atom. The van der Waals surface area contributed by atoms with E-state index in [0.29, 0.717) is 5.92 Å². The summed E-state index contributed by atoms with van der Waals surface area (Å²) in [6.45, 7) is 2.63. The van der Waals surface area contributed by atoms with Crippen molar-refractivity contribution in [1.29, 1.82) is 0 Å². The first-order chi connectivity index (χ1) is 10.4. The summed E-state index contributed by atoms with van der Waals surface area (Å²) in [5, 5.41) is 0. The van der Waals surface area contributed by atoms with Crippen LogP contribution in [0.2, 0.25) is 0 Å². The summed E-state index contributed by atoms with van der Waals surface area (Å²) in [6, 6.07) is 8.19. The molecule has 112 valence electrons. The molecule has 3 rings (SSSR count). The topological polar surface area (TPSA) is 41.1 Å². The standard InChI is InChI=1S/C17H23N3O/c1-21-12-11-20(13-14-7-3-2-4-8-14)17-18-15-9-5-6-10-16(15)19-17/h2-3,5-6,9-10,14H,4,7-8,11-13H2,1H3,(H,18,19). The van der Waals surface area contributed by atoms with E-state index < -0.39 is 0 Å². The number of allylic oxidation sites excluding steroid dienone is 2. The van der Waals surface area contributed by atoms with E-state index in [0.717, 1.165) is 36.7 Å². The Bertz CT molecular complexity index is 572. The number of anilines is 1. The molecule has 1 heterocycles. The molecule has 1 N–H and O–H groups in total. The van der Waals surface area contributed by atoms with Crippen molar-refractivity contribution in [2.24, 2.45) is 5.92 Å². The van der Waals surface area contributed by atoms with Crippen molar-refractivity contribution in [1.82, 2.24) is 9.97 Å². The van der Waals surface area contributed by atoms with Crippen LogP contribution in [0.4, 0.5) is 5.95 Å². The summed E-state index contributed by atoms with van der Waals surface area (Å²) in [7, 11) is 1.75. The van der Waals surface area contributed by atoms with Gasteiger partial charge in [-0.1, -0.05) is 24.3 Å². The lowest BCUT2D eigenvalue weighted by molar-refractivity contribution is 0.203. The first-order valence-electron chi connectivity index (χ1n) is 7.70. The molecule has 1 aromatic heterocycles. The maximum Gasteiger partial charge on any atom is 0.203 e. The summed E-state index contributed by atoms with van der Waals surface area (Å²) in [5.74, 6) is 1.67. The van der Waals surface area contributed by atoms with Crippen LogP contribution in [0.25, 0.3) is 11.0 Å². The van der Waals surface area contributed by atoms with Crippen molar-refractivity contribution in [3.05, 3.63) is 36.4 Å². The van der Waals surface area contributed by atoms with Gasteiger partial charge in [-0.15, -0.1) is 0 Å². The summed E-state index contributed by atoms with van der Waals surface area (Å²) < 4.78 is 5.26. The number of benzene rings is 1. The number of hydrogen-bond acceptors (Lipinski definition) is 3. The van der Waals surface area contributed by atoms with Gasteiger partial charge in [0.25, 0.3) is 0 Å². The molecule has 2 aromatic rings. The molecule has 0 saturated carbocycles. The maximum atomic E-state index is 5.26. The fourth-order valence-corrected chi connectivity index (χ4v) is 2.91. The predicted octanol–water partition coefficient (Wildman–Crippen LogP) is 3.37. The van der Waals surface area contributed by atoms with E-state index in [1.807, 2.05) is 18.2 Å². The summed E-state index contributed by atoms with van der Waals surface area (Å²) in [6.07, 6.45) is 8.23. The van der Waals surface area contributed by atoms with E-state index in [1.165, 1.54) is 19.3 Å². The number of H-pyrrole nitrogens is 1. The zero-order valence-corrected chi connectivity index (χ0v) is 12.6. The van der Waals surface area contributed by atoms with Gasteiger partial charge in [-0.2, -0.15) is 0 Å². The van der Waals surface area contributed by atoms with Crippen molar-refractivity contribution in [3.8, 4) is 0 Å². The number of hydrogen-bond donors (Lipinski definition) is 1. The molecule has 0 fully saturated rings. The molecule has 4 nitrogen and oxygen atoms in total. The van der Waals surface area contributed by atoms with Crippen molar-refractivity contribution in [2.45, 2.75) is 19.3 Å². The summed E-state index contributed by atoms with van der Waals surface area (Å²) >= 11 is 0. The van der Waals surface area contributed by atoms with E-state index in [9.17, 15) is 0 Å². The number of ether oxygens (including phenoxy) is 1. The Morgan fingerprint density at radius 3 is 3.00 bits per heavy atom. The van der Waals surface area contributed by atoms with Gasteiger partial charge in [-0.25, -0.2) is 4.98 Å². The quantitative estimate of drug-likeness (QED) is 0.827. The average Bonchev–Trinajstić information content (AvgIpc) is 2.96. The molecule has 0 spiro atoms. The number of nitrogens with one attached hydrogen (secondary N) is 1. The SMILES string of the molecule is COCCN(CC1CC=CCC1)c1nc2ccccc2[nH]1. The van der Waals surface area contributed by atoms with Gasteiger partial charge in [0.1, 0.15) is 0 Å². The van der Waals surface area contributed by atoms with E-state index in [2.05, 4.69) is 28.1 Å². The molecule has 21 heavy (non-hydrogen) atoms. The first kappa shape index (κ1) is 14.1. The largest absolute Gasteiger partial charge is 0.383 e. The van der Waals surface area contributed by atoms with Gasteiger partial charge in [-0.05, 0) is 37.3 Å². The number of para-hydroxylation sites is 2. The minimum Gasteiger partial charge on any atom is -0.383 e. The Balaban J connectivity index is 1.78. The van der Waals surface area contributed by atoms with Crippen LogP contribution in [0.15, 0.2) is 36.4 Å². The van der Waals surface area contributed by atoms with Crippen LogP contribution in [0, 0.1) is 5.92 Å². The highest BCUT2D eigenvalue weighted by Gasteiger charge is 2.17. The second-order valence-electron chi connectivity index (χ2n) is 5.67. The fraction of sp³-hybridized carbons (Fsp3) is 0.471. The Kier molecular flexibility index (Phi) is 4.55. The van der Waals surface area contributed by atoms with E-state index in [4.69, 9.17) is 9.72 Å². The van der Waals surface area contributed by atoms with E-state index in [-0.39, 0.29) is 0 Å². The molecule has 1 aromatic carbocycles. The highest BCUT2D eigenvalue weighted by atomic mass is 16.5. The van der Waals surface area contributed by atoms with Crippen LogP contribution >= 0.6 is 0 Å². The minimum absolute atomic E-state index is 0.708. The van der Waals surface area contributed by atoms with Gasteiger partial charge in [-0.3, -0.25) is 0 Å². The zero-order chi connectivity index (χ0) is 14.5. The van der Waals surface area contributed by atoms with Gasteiger partial charge in [0, 0.05) is 20.2 Å².